The molecule has 1 aromatic carbocycles. The Morgan fingerprint density at radius 2 is 2.00 bits per heavy atom. The lowest BCUT2D eigenvalue weighted by Gasteiger charge is -2.37. The highest BCUT2D eigenvalue weighted by Crippen LogP contribution is 2.24. The van der Waals surface area contributed by atoms with Crippen molar-refractivity contribution in [1.29, 1.82) is 0 Å². The highest BCUT2D eigenvalue weighted by atomic mass is 16.4. The minimum atomic E-state index is -1.01. The van der Waals surface area contributed by atoms with Crippen molar-refractivity contribution in [3.05, 3.63) is 35.4 Å². The number of fused-ring (bicyclic) bond motifs is 1. The average Bonchev–Trinajstić information content (AvgIpc) is 2.44. The molecule has 21 heavy (non-hydrogen) atoms. The van der Waals surface area contributed by atoms with Crippen LogP contribution >= 0.6 is 0 Å². The minimum Gasteiger partial charge on any atom is -0.480 e. The van der Waals surface area contributed by atoms with Gasteiger partial charge in [0, 0.05) is 26.6 Å². The van der Waals surface area contributed by atoms with E-state index in [9.17, 15) is 19.8 Å². The Morgan fingerprint density at radius 3 is 2.57 bits per heavy atom. The van der Waals surface area contributed by atoms with E-state index in [1.54, 1.807) is 14.0 Å². The first kappa shape index (κ1) is 15.3. The summed E-state index contributed by atoms with van der Waals surface area (Å²) in [5.74, 6) is -1.01. The zero-order valence-electron chi connectivity index (χ0n) is 12.2. The number of aliphatic hydroxyl groups is 1. The molecule has 0 radical (unpaired) electrons. The van der Waals surface area contributed by atoms with Crippen LogP contribution < -0.4 is 0 Å². The largest absolute Gasteiger partial charge is 0.480 e. The van der Waals surface area contributed by atoms with Gasteiger partial charge in [-0.1, -0.05) is 24.3 Å². The third-order valence-electron chi connectivity index (χ3n) is 3.64. The molecule has 2 N–H and O–H groups in total. The molecule has 2 amide bonds. The fourth-order valence-corrected chi connectivity index (χ4v) is 2.64. The quantitative estimate of drug-likeness (QED) is 0.868. The molecule has 6 nitrogen and oxygen atoms in total. The Balaban J connectivity index is 2.24. The number of carboxylic acids is 1. The molecule has 0 aliphatic carbocycles. The first-order valence-electron chi connectivity index (χ1n) is 6.89. The number of rotatable bonds is 3. The molecule has 1 unspecified atom stereocenters. The summed E-state index contributed by atoms with van der Waals surface area (Å²) in [5.41, 5.74) is 1.93. The maximum absolute atomic E-state index is 12.4. The SMILES string of the molecule is CC(O)CN(C)C(=O)N1Cc2ccccc2C[C@H]1C(=O)O. The number of urea groups is 1. The fraction of sp³-hybridized carbons (Fsp3) is 0.467. The topological polar surface area (TPSA) is 81.1 Å². The Labute approximate surface area is 123 Å². The normalized spacial score (nSPS) is 18.8. The first-order valence-corrected chi connectivity index (χ1v) is 6.89. The van der Waals surface area contributed by atoms with Crippen molar-refractivity contribution in [3.63, 3.8) is 0 Å². The third kappa shape index (κ3) is 3.33. The van der Waals surface area contributed by atoms with Gasteiger partial charge in [-0.3, -0.25) is 0 Å². The van der Waals surface area contributed by atoms with E-state index < -0.39 is 18.1 Å². The third-order valence-corrected chi connectivity index (χ3v) is 3.64. The summed E-state index contributed by atoms with van der Waals surface area (Å²) in [6.07, 6.45) is -0.348. The van der Waals surface area contributed by atoms with Crippen LogP contribution in [0.4, 0.5) is 4.79 Å². The standard InChI is InChI=1S/C15H20N2O4/c1-10(18)8-16(2)15(21)17-9-12-6-4-3-5-11(12)7-13(17)14(19)20/h3-6,10,13,18H,7-9H2,1-2H3,(H,19,20)/t10?,13-/m0/s1. The monoisotopic (exact) mass is 292 g/mol. The van der Waals surface area contributed by atoms with Gasteiger partial charge in [0.25, 0.3) is 0 Å². The van der Waals surface area contributed by atoms with E-state index in [2.05, 4.69) is 0 Å². The van der Waals surface area contributed by atoms with Gasteiger partial charge in [-0.05, 0) is 18.1 Å². The summed E-state index contributed by atoms with van der Waals surface area (Å²) in [4.78, 5) is 26.6. The molecule has 1 heterocycles. The van der Waals surface area contributed by atoms with Crippen LogP contribution in [0.5, 0.6) is 0 Å². The van der Waals surface area contributed by atoms with Gasteiger partial charge in [0.1, 0.15) is 6.04 Å². The Bertz CT molecular complexity index is 544. The zero-order valence-corrected chi connectivity index (χ0v) is 12.2. The van der Waals surface area contributed by atoms with Crippen LogP contribution in [0.25, 0.3) is 0 Å². The predicted octanol–water partition coefficient (Wildman–Crippen LogP) is 0.931. The summed E-state index contributed by atoms with van der Waals surface area (Å²) in [6, 6.07) is 6.30. The van der Waals surface area contributed by atoms with E-state index >= 15 is 0 Å². The van der Waals surface area contributed by atoms with E-state index in [0.717, 1.165) is 11.1 Å². The van der Waals surface area contributed by atoms with Crippen molar-refractivity contribution in [2.24, 2.45) is 0 Å². The molecule has 0 aromatic heterocycles. The van der Waals surface area contributed by atoms with E-state index in [4.69, 9.17) is 0 Å². The molecule has 2 atom stereocenters. The predicted molar refractivity (Wildman–Crippen MR) is 76.8 cm³/mol. The minimum absolute atomic E-state index is 0.170. The molecule has 0 spiro atoms. The summed E-state index contributed by atoms with van der Waals surface area (Å²) in [7, 11) is 1.56. The van der Waals surface area contributed by atoms with Gasteiger partial charge in [-0.2, -0.15) is 0 Å². The zero-order chi connectivity index (χ0) is 15.6. The average molecular weight is 292 g/mol. The van der Waals surface area contributed by atoms with Crippen LogP contribution in [-0.4, -0.2) is 57.8 Å². The molecule has 0 fully saturated rings. The van der Waals surface area contributed by atoms with Crippen LogP contribution in [0.15, 0.2) is 24.3 Å². The molecule has 1 aliphatic heterocycles. The van der Waals surface area contributed by atoms with Crippen molar-refractivity contribution < 1.29 is 19.8 Å². The number of likely N-dealkylation sites (N-methyl/N-ethyl adjacent to an activating group) is 1. The molecule has 0 saturated carbocycles. The lowest BCUT2D eigenvalue weighted by atomic mass is 9.94. The number of carbonyl (C=O) groups is 2. The summed E-state index contributed by atoms with van der Waals surface area (Å²) >= 11 is 0. The smallest absolute Gasteiger partial charge is 0.326 e. The van der Waals surface area contributed by atoms with Gasteiger partial charge in [0.15, 0.2) is 0 Å². The van der Waals surface area contributed by atoms with E-state index in [1.165, 1.54) is 9.80 Å². The second kappa shape index (κ2) is 6.13. The highest BCUT2D eigenvalue weighted by Gasteiger charge is 2.35. The molecule has 6 heteroatoms. The number of benzene rings is 1. The number of hydrogen-bond donors (Lipinski definition) is 2. The number of carboxylic acid groups (broad SMARTS) is 1. The molecule has 2 rings (SSSR count). The number of aliphatic hydroxyl groups excluding tert-OH is 1. The number of nitrogens with zero attached hydrogens (tertiary/aromatic N) is 2. The molecule has 1 aromatic rings. The Kier molecular flexibility index (Phi) is 4.47. The highest BCUT2D eigenvalue weighted by molar-refractivity contribution is 5.83. The summed E-state index contributed by atoms with van der Waals surface area (Å²) in [6.45, 7) is 2.03. The second-order valence-electron chi connectivity index (χ2n) is 5.47. The number of hydrogen-bond acceptors (Lipinski definition) is 3. The molecular formula is C15H20N2O4. The van der Waals surface area contributed by atoms with Crippen molar-refractivity contribution in [1.82, 2.24) is 9.80 Å². The first-order chi connectivity index (χ1) is 9.90. The molecule has 0 saturated heterocycles. The van der Waals surface area contributed by atoms with Crippen molar-refractivity contribution in [2.75, 3.05) is 13.6 Å². The van der Waals surface area contributed by atoms with Gasteiger partial charge < -0.3 is 20.0 Å². The van der Waals surface area contributed by atoms with Crippen LogP contribution in [0.1, 0.15) is 18.1 Å². The van der Waals surface area contributed by atoms with Gasteiger partial charge in [-0.15, -0.1) is 0 Å². The summed E-state index contributed by atoms with van der Waals surface area (Å²) < 4.78 is 0. The van der Waals surface area contributed by atoms with Gasteiger partial charge >= 0.3 is 12.0 Å². The lowest BCUT2D eigenvalue weighted by molar-refractivity contribution is -0.142. The molecule has 114 valence electrons. The van der Waals surface area contributed by atoms with Crippen molar-refractivity contribution in [2.45, 2.75) is 32.0 Å². The molecule has 0 bridgehead atoms. The number of aliphatic carboxylic acids is 1. The van der Waals surface area contributed by atoms with Crippen LogP contribution in [0, 0.1) is 0 Å². The number of carbonyl (C=O) groups excluding carboxylic acids is 1. The number of amides is 2. The Morgan fingerprint density at radius 1 is 1.38 bits per heavy atom. The van der Waals surface area contributed by atoms with E-state index in [-0.39, 0.29) is 19.1 Å². The van der Waals surface area contributed by atoms with E-state index in [1.807, 2.05) is 24.3 Å². The Hall–Kier alpha value is -2.08. The summed E-state index contributed by atoms with van der Waals surface area (Å²) in [5, 5.41) is 18.8. The van der Waals surface area contributed by atoms with Crippen molar-refractivity contribution >= 4 is 12.0 Å². The lowest BCUT2D eigenvalue weighted by Crippen LogP contribution is -2.53. The maximum Gasteiger partial charge on any atom is 0.326 e. The van der Waals surface area contributed by atoms with Gasteiger partial charge in [0.2, 0.25) is 0 Å². The van der Waals surface area contributed by atoms with Crippen molar-refractivity contribution in [3.8, 4) is 0 Å². The molecule has 1 aliphatic rings. The van der Waals surface area contributed by atoms with Crippen LogP contribution in [0.2, 0.25) is 0 Å². The van der Waals surface area contributed by atoms with Gasteiger partial charge in [-0.25, -0.2) is 9.59 Å². The van der Waals surface area contributed by atoms with Crippen LogP contribution in [-0.2, 0) is 17.8 Å². The van der Waals surface area contributed by atoms with E-state index in [0.29, 0.717) is 6.42 Å². The maximum atomic E-state index is 12.4. The van der Waals surface area contributed by atoms with Gasteiger partial charge in [0.05, 0.1) is 6.10 Å². The molecular weight excluding hydrogens is 272 g/mol. The second-order valence-corrected chi connectivity index (χ2v) is 5.47. The fourth-order valence-electron chi connectivity index (χ4n) is 2.64. The van der Waals surface area contributed by atoms with Crippen LogP contribution in [0.3, 0.4) is 0 Å².